The summed E-state index contributed by atoms with van der Waals surface area (Å²) in [5.74, 6) is 0.383. The van der Waals surface area contributed by atoms with Crippen molar-refractivity contribution in [3.8, 4) is 17.2 Å². The van der Waals surface area contributed by atoms with Gasteiger partial charge in [0.25, 0.3) is 11.6 Å². The molecule has 1 heterocycles. The predicted molar refractivity (Wildman–Crippen MR) is 110 cm³/mol. The van der Waals surface area contributed by atoms with Crippen molar-refractivity contribution in [2.45, 2.75) is 6.42 Å². The van der Waals surface area contributed by atoms with E-state index >= 15 is 0 Å². The molecule has 0 radical (unpaired) electrons. The third kappa shape index (κ3) is 6.08. The molecule has 0 bridgehead atoms. The summed E-state index contributed by atoms with van der Waals surface area (Å²) in [6, 6.07) is 12.1. The highest BCUT2D eigenvalue weighted by Gasteiger charge is 2.24. The summed E-state index contributed by atoms with van der Waals surface area (Å²) in [6.45, 7) is 1.60. The van der Waals surface area contributed by atoms with E-state index in [2.05, 4.69) is 0 Å². The first-order valence-corrected chi connectivity index (χ1v) is 9.77. The van der Waals surface area contributed by atoms with Gasteiger partial charge in [-0.05, 0) is 24.3 Å². The van der Waals surface area contributed by atoms with Crippen LogP contribution in [0.4, 0.5) is 5.69 Å². The van der Waals surface area contributed by atoms with Crippen molar-refractivity contribution in [2.75, 3.05) is 39.4 Å². The van der Waals surface area contributed by atoms with E-state index in [0.717, 1.165) is 0 Å². The van der Waals surface area contributed by atoms with Crippen molar-refractivity contribution in [2.24, 2.45) is 0 Å². The Bertz CT molecular complexity index is 925. The molecule has 0 spiro atoms. The summed E-state index contributed by atoms with van der Waals surface area (Å²) >= 11 is 0. The Morgan fingerprint density at radius 3 is 2.16 bits per heavy atom. The molecule has 0 aromatic heterocycles. The van der Waals surface area contributed by atoms with Crippen molar-refractivity contribution in [3.63, 3.8) is 0 Å². The molecule has 0 aliphatic carbocycles. The van der Waals surface area contributed by atoms with E-state index in [9.17, 15) is 24.8 Å². The third-order valence-corrected chi connectivity index (χ3v) is 4.83. The number of carbonyl (C=O) groups excluding carboxylic acids is 2. The zero-order valence-electron chi connectivity index (χ0n) is 16.8. The largest absolute Gasteiger partial charge is 0.504 e. The van der Waals surface area contributed by atoms with Gasteiger partial charge in [-0.3, -0.25) is 19.7 Å². The van der Waals surface area contributed by atoms with Crippen LogP contribution in [0.5, 0.6) is 17.2 Å². The Hall–Kier alpha value is -3.82. The van der Waals surface area contributed by atoms with Crippen molar-refractivity contribution >= 4 is 17.5 Å². The van der Waals surface area contributed by atoms with Gasteiger partial charge in [-0.2, -0.15) is 0 Å². The van der Waals surface area contributed by atoms with Gasteiger partial charge in [-0.1, -0.05) is 12.1 Å². The Kier molecular flexibility index (Phi) is 7.26. The minimum absolute atomic E-state index is 0.0261. The smallest absolute Gasteiger partial charge is 0.269 e. The van der Waals surface area contributed by atoms with Crippen molar-refractivity contribution < 1.29 is 29.1 Å². The Labute approximate surface area is 178 Å². The first-order valence-electron chi connectivity index (χ1n) is 9.77. The molecule has 164 valence electrons. The quantitative estimate of drug-likeness (QED) is 0.502. The van der Waals surface area contributed by atoms with Gasteiger partial charge in [0.15, 0.2) is 18.1 Å². The standard InChI is InChI=1S/C21H23N3O7/c25-18-3-1-2-4-19(18)31-15-21(27)23-12-10-22(11-13-23)20(26)9-14-30-17-7-5-16(6-8-17)24(28)29/h1-8,25H,9-15H2. The normalized spacial score (nSPS) is 13.5. The molecule has 1 N–H and O–H groups in total. The van der Waals surface area contributed by atoms with Gasteiger partial charge in [-0.15, -0.1) is 0 Å². The molecule has 2 aromatic carbocycles. The first kappa shape index (κ1) is 21.9. The number of phenolic OH excluding ortho intramolecular Hbond substituents is 1. The van der Waals surface area contributed by atoms with Crippen LogP contribution >= 0.6 is 0 Å². The van der Waals surface area contributed by atoms with Crippen LogP contribution in [0.2, 0.25) is 0 Å². The van der Waals surface area contributed by atoms with E-state index in [4.69, 9.17) is 9.47 Å². The maximum Gasteiger partial charge on any atom is 0.269 e. The van der Waals surface area contributed by atoms with Crippen LogP contribution < -0.4 is 9.47 Å². The van der Waals surface area contributed by atoms with Crippen molar-refractivity contribution in [1.82, 2.24) is 9.80 Å². The number of nitrogens with zero attached hydrogens (tertiary/aromatic N) is 3. The zero-order chi connectivity index (χ0) is 22.2. The number of phenols is 1. The molecule has 31 heavy (non-hydrogen) atoms. The number of amides is 2. The number of hydrogen-bond acceptors (Lipinski definition) is 7. The van der Waals surface area contributed by atoms with Crippen LogP contribution in [0.3, 0.4) is 0 Å². The fraction of sp³-hybridized carbons (Fsp3) is 0.333. The van der Waals surface area contributed by atoms with Gasteiger partial charge < -0.3 is 24.4 Å². The molecule has 10 heteroatoms. The number of para-hydroxylation sites is 2. The van der Waals surface area contributed by atoms with Gasteiger partial charge in [0.05, 0.1) is 18.0 Å². The van der Waals surface area contributed by atoms with E-state index < -0.39 is 4.92 Å². The molecular formula is C21H23N3O7. The topological polar surface area (TPSA) is 122 Å². The lowest BCUT2D eigenvalue weighted by molar-refractivity contribution is -0.384. The average molecular weight is 429 g/mol. The number of hydrogen-bond donors (Lipinski definition) is 1. The lowest BCUT2D eigenvalue weighted by Gasteiger charge is -2.34. The van der Waals surface area contributed by atoms with E-state index in [1.807, 2.05) is 0 Å². The molecule has 1 saturated heterocycles. The number of rotatable bonds is 8. The number of benzene rings is 2. The highest BCUT2D eigenvalue weighted by Crippen LogP contribution is 2.24. The number of aromatic hydroxyl groups is 1. The van der Waals surface area contributed by atoms with Gasteiger partial charge >= 0.3 is 0 Å². The summed E-state index contributed by atoms with van der Waals surface area (Å²) in [6.07, 6.45) is 0.168. The van der Waals surface area contributed by atoms with E-state index in [0.29, 0.717) is 31.9 Å². The van der Waals surface area contributed by atoms with Gasteiger partial charge in [0.1, 0.15) is 5.75 Å². The fourth-order valence-corrected chi connectivity index (χ4v) is 3.09. The average Bonchev–Trinajstić information content (AvgIpc) is 2.78. The summed E-state index contributed by atoms with van der Waals surface area (Å²) in [5, 5.41) is 20.3. The van der Waals surface area contributed by atoms with Gasteiger partial charge in [-0.25, -0.2) is 0 Å². The minimum atomic E-state index is -0.491. The van der Waals surface area contributed by atoms with Crippen LogP contribution in [0.1, 0.15) is 6.42 Å². The highest BCUT2D eigenvalue weighted by atomic mass is 16.6. The highest BCUT2D eigenvalue weighted by molar-refractivity contribution is 5.79. The lowest BCUT2D eigenvalue weighted by Crippen LogP contribution is -2.51. The second-order valence-electron chi connectivity index (χ2n) is 6.87. The number of carbonyl (C=O) groups is 2. The minimum Gasteiger partial charge on any atom is -0.504 e. The van der Waals surface area contributed by atoms with Crippen molar-refractivity contribution in [3.05, 3.63) is 58.6 Å². The fourth-order valence-electron chi connectivity index (χ4n) is 3.09. The molecule has 0 unspecified atom stereocenters. The molecule has 1 fully saturated rings. The molecule has 3 rings (SSSR count). The molecule has 0 saturated carbocycles. The van der Waals surface area contributed by atoms with Crippen LogP contribution in [0.25, 0.3) is 0 Å². The number of ether oxygens (including phenoxy) is 2. The summed E-state index contributed by atoms with van der Waals surface area (Å²) in [5.41, 5.74) is -0.0261. The van der Waals surface area contributed by atoms with Crippen LogP contribution in [-0.2, 0) is 9.59 Å². The second kappa shape index (κ2) is 10.3. The number of nitro benzene ring substituents is 1. The first-order chi connectivity index (χ1) is 14.9. The van der Waals surface area contributed by atoms with E-state index in [1.165, 1.54) is 30.3 Å². The molecule has 1 aliphatic heterocycles. The van der Waals surface area contributed by atoms with Crippen LogP contribution in [0, 0.1) is 10.1 Å². The molecule has 2 aromatic rings. The van der Waals surface area contributed by atoms with Crippen molar-refractivity contribution in [1.29, 1.82) is 0 Å². The molecular weight excluding hydrogens is 406 g/mol. The summed E-state index contributed by atoms with van der Waals surface area (Å²) < 4.78 is 10.8. The predicted octanol–water partition coefficient (Wildman–Crippen LogP) is 1.82. The Balaban J connectivity index is 1.36. The third-order valence-electron chi connectivity index (χ3n) is 4.83. The second-order valence-corrected chi connectivity index (χ2v) is 6.87. The molecule has 10 nitrogen and oxygen atoms in total. The van der Waals surface area contributed by atoms with E-state index in [-0.39, 0.29) is 48.6 Å². The maximum atomic E-state index is 12.4. The molecule has 0 atom stereocenters. The van der Waals surface area contributed by atoms with Gasteiger partial charge in [0, 0.05) is 38.3 Å². The number of piperazine rings is 1. The van der Waals surface area contributed by atoms with Crippen LogP contribution in [0.15, 0.2) is 48.5 Å². The maximum absolute atomic E-state index is 12.4. The number of non-ortho nitro benzene ring substituents is 1. The monoisotopic (exact) mass is 429 g/mol. The summed E-state index contributed by atoms with van der Waals surface area (Å²) in [4.78, 5) is 38.1. The number of nitro groups is 1. The Morgan fingerprint density at radius 1 is 0.935 bits per heavy atom. The Morgan fingerprint density at radius 2 is 1.55 bits per heavy atom. The molecule has 1 aliphatic rings. The summed E-state index contributed by atoms with van der Waals surface area (Å²) in [7, 11) is 0. The molecule has 2 amide bonds. The zero-order valence-corrected chi connectivity index (χ0v) is 16.8. The van der Waals surface area contributed by atoms with E-state index in [1.54, 1.807) is 28.0 Å². The SMILES string of the molecule is O=C(CCOc1ccc([N+](=O)[O-])cc1)N1CCN(C(=O)COc2ccccc2O)CC1. The lowest BCUT2D eigenvalue weighted by atomic mass is 10.2. The van der Waals surface area contributed by atoms with Crippen LogP contribution in [-0.4, -0.2) is 71.0 Å². The van der Waals surface area contributed by atoms with Gasteiger partial charge in [0.2, 0.25) is 5.91 Å².